The van der Waals surface area contributed by atoms with Crippen LogP contribution < -0.4 is 10.6 Å². The highest BCUT2D eigenvalue weighted by atomic mass is 35.5. The predicted octanol–water partition coefficient (Wildman–Crippen LogP) is 2.78. The average molecular weight is 379 g/mol. The van der Waals surface area contributed by atoms with E-state index < -0.39 is 36.2 Å². The summed E-state index contributed by atoms with van der Waals surface area (Å²) in [6.07, 6.45) is -1.09. The number of hydrogen-bond acceptors (Lipinski definition) is 4. The van der Waals surface area contributed by atoms with Gasteiger partial charge in [0.25, 0.3) is 11.8 Å². The fourth-order valence-electron chi connectivity index (χ4n) is 2.00. The van der Waals surface area contributed by atoms with Crippen LogP contribution in [-0.4, -0.2) is 30.4 Å². The number of esters is 1. The van der Waals surface area contributed by atoms with E-state index in [1.807, 2.05) is 0 Å². The molecule has 0 saturated carbocycles. The van der Waals surface area contributed by atoms with Crippen LogP contribution in [0.4, 0.5) is 10.1 Å². The van der Waals surface area contributed by atoms with Gasteiger partial charge in [0.05, 0.1) is 5.56 Å². The molecule has 136 valence electrons. The molecule has 8 heteroatoms. The van der Waals surface area contributed by atoms with Crippen molar-refractivity contribution < 1.29 is 23.5 Å². The molecule has 0 spiro atoms. The summed E-state index contributed by atoms with van der Waals surface area (Å²) in [7, 11) is 0. The standard InChI is InChI=1S/C18H16ClFN2O4/c1-11(17(24)22-13-6-4-5-12(19)9-13)26-16(23)10-21-18(25)14-7-2-3-8-15(14)20/h2-9,11H,10H2,1H3,(H,21,25)(H,22,24)/t11-/m1/s1. The summed E-state index contributed by atoms with van der Waals surface area (Å²) < 4.78 is 18.4. The van der Waals surface area contributed by atoms with E-state index in [0.717, 1.165) is 6.07 Å². The first-order valence-electron chi connectivity index (χ1n) is 7.65. The second kappa shape index (κ2) is 8.96. The molecular formula is C18H16ClFN2O4. The highest BCUT2D eigenvalue weighted by Gasteiger charge is 2.19. The van der Waals surface area contributed by atoms with E-state index in [4.69, 9.17) is 16.3 Å². The summed E-state index contributed by atoms with van der Waals surface area (Å²) in [5, 5.41) is 5.23. The molecule has 2 amide bonds. The first-order valence-corrected chi connectivity index (χ1v) is 8.03. The minimum atomic E-state index is -1.09. The van der Waals surface area contributed by atoms with E-state index in [0.29, 0.717) is 10.7 Å². The van der Waals surface area contributed by atoms with Gasteiger partial charge in [-0.2, -0.15) is 0 Å². The van der Waals surface area contributed by atoms with Crippen molar-refractivity contribution >= 4 is 35.1 Å². The van der Waals surface area contributed by atoms with Crippen molar-refractivity contribution in [1.82, 2.24) is 5.32 Å². The fraction of sp³-hybridized carbons (Fsp3) is 0.167. The topological polar surface area (TPSA) is 84.5 Å². The van der Waals surface area contributed by atoms with Crippen molar-refractivity contribution in [3.05, 3.63) is 64.9 Å². The van der Waals surface area contributed by atoms with Gasteiger partial charge in [-0.15, -0.1) is 0 Å². The number of hydrogen-bond donors (Lipinski definition) is 2. The van der Waals surface area contributed by atoms with Gasteiger partial charge in [0.1, 0.15) is 12.4 Å². The predicted molar refractivity (Wildman–Crippen MR) is 94.4 cm³/mol. The lowest BCUT2D eigenvalue weighted by atomic mass is 10.2. The maximum atomic E-state index is 13.5. The molecular weight excluding hydrogens is 363 g/mol. The van der Waals surface area contributed by atoms with E-state index in [1.165, 1.54) is 25.1 Å². The lowest BCUT2D eigenvalue weighted by Gasteiger charge is -2.14. The number of halogens is 2. The van der Waals surface area contributed by atoms with Crippen LogP contribution in [0.3, 0.4) is 0 Å². The molecule has 0 aromatic heterocycles. The Morgan fingerprint density at radius 1 is 1.15 bits per heavy atom. The van der Waals surface area contributed by atoms with Gasteiger partial charge in [-0.25, -0.2) is 4.39 Å². The third-order valence-corrected chi connectivity index (χ3v) is 3.52. The second-order valence-electron chi connectivity index (χ2n) is 5.29. The molecule has 2 aromatic carbocycles. The molecule has 2 N–H and O–H groups in total. The molecule has 0 radical (unpaired) electrons. The Morgan fingerprint density at radius 3 is 2.58 bits per heavy atom. The lowest BCUT2D eigenvalue weighted by molar-refractivity contribution is -0.152. The van der Waals surface area contributed by atoms with E-state index in [-0.39, 0.29) is 5.56 Å². The van der Waals surface area contributed by atoms with Crippen molar-refractivity contribution in [3.63, 3.8) is 0 Å². The Kier molecular flexibility index (Phi) is 6.68. The lowest BCUT2D eigenvalue weighted by Crippen LogP contribution is -2.36. The maximum Gasteiger partial charge on any atom is 0.326 e. The Labute approximate surface area is 154 Å². The Hall–Kier alpha value is -2.93. The molecule has 6 nitrogen and oxygen atoms in total. The molecule has 2 rings (SSSR count). The Bertz CT molecular complexity index is 828. The summed E-state index contributed by atoms with van der Waals surface area (Å²) in [6.45, 7) is 0.887. The molecule has 0 unspecified atom stereocenters. The minimum absolute atomic E-state index is 0.188. The molecule has 0 saturated heterocycles. The molecule has 0 fully saturated rings. The zero-order chi connectivity index (χ0) is 19.1. The quantitative estimate of drug-likeness (QED) is 0.757. The van der Waals surface area contributed by atoms with Gasteiger partial charge < -0.3 is 15.4 Å². The molecule has 26 heavy (non-hydrogen) atoms. The Morgan fingerprint density at radius 2 is 1.88 bits per heavy atom. The number of carbonyl (C=O) groups is 3. The van der Waals surface area contributed by atoms with Crippen molar-refractivity contribution in [3.8, 4) is 0 Å². The molecule has 0 aliphatic rings. The van der Waals surface area contributed by atoms with Crippen LogP contribution in [0.5, 0.6) is 0 Å². The number of carbonyl (C=O) groups excluding carboxylic acids is 3. The SMILES string of the molecule is C[C@@H](OC(=O)CNC(=O)c1ccccc1F)C(=O)Nc1cccc(Cl)c1. The fourth-order valence-corrected chi connectivity index (χ4v) is 2.19. The van der Waals surface area contributed by atoms with Crippen molar-refractivity contribution in [2.45, 2.75) is 13.0 Å². The number of rotatable bonds is 6. The number of nitrogens with one attached hydrogen (secondary N) is 2. The van der Waals surface area contributed by atoms with Gasteiger partial charge >= 0.3 is 5.97 Å². The first-order chi connectivity index (χ1) is 12.4. The number of amides is 2. The van der Waals surface area contributed by atoms with Gasteiger partial charge in [-0.1, -0.05) is 29.8 Å². The highest BCUT2D eigenvalue weighted by Crippen LogP contribution is 2.15. The molecule has 0 aliphatic carbocycles. The van der Waals surface area contributed by atoms with Crippen LogP contribution in [0.15, 0.2) is 48.5 Å². The van der Waals surface area contributed by atoms with Crippen LogP contribution in [0.25, 0.3) is 0 Å². The van der Waals surface area contributed by atoms with Gasteiger partial charge in [-0.05, 0) is 37.3 Å². The largest absolute Gasteiger partial charge is 0.451 e. The van der Waals surface area contributed by atoms with Gasteiger partial charge in [0.2, 0.25) is 0 Å². The van der Waals surface area contributed by atoms with Crippen LogP contribution in [-0.2, 0) is 14.3 Å². The average Bonchev–Trinajstić information content (AvgIpc) is 2.60. The van der Waals surface area contributed by atoms with Crippen molar-refractivity contribution in [2.24, 2.45) is 0 Å². The first kappa shape index (κ1) is 19.4. The zero-order valence-electron chi connectivity index (χ0n) is 13.8. The normalized spacial score (nSPS) is 11.3. The number of benzene rings is 2. The van der Waals surface area contributed by atoms with Gasteiger partial charge in [0.15, 0.2) is 6.10 Å². The summed E-state index contributed by atoms with van der Waals surface area (Å²) in [5.74, 6) is -2.84. The van der Waals surface area contributed by atoms with Crippen molar-refractivity contribution in [2.75, 3.05) is 11.9 Å². The van der Waals surface area contributed by atoms with Crippen LogP contribution >= 0.6 is 11.6 Å². The highest BCUT2D eigenvalue weighted by molar-refractivity contribution is 6.30. The molecule has 0 aliphatic heterocycles. The van der Waals surface area contributed by atoms with E-state index in [1.54, 1.807) is 24.3 Å². The van der Waals surface area contributed by atoms with Crippen LogP contribution in [0.1, 0.15) is 17.3 Å². The number of anilines is 1. The maximum absolute atomic E-state index is 13.5. The monoisotopic (exact) mass is 378 g/mol. The summed E-state index contributed by atoms with van der Waals surface area (Å²) in [4.78, 5) is 35.6. The number of ether oxygens (including phenoxy) is 1. The Balaban J connectivity index is 1.82. The second-order valence-corrected chi connectivity index (χ2v) is 5.73. The van der Waals surface area contributed by atoms with Crippen LogP contribution in [0, 0.1) is 5.82 Å². The van der Waals surface area contributed by atoms with E-state index in [2.05, 4.69) is 10.6 Å². The molecule has 0 bridgehead atoms. The van der Waals surface area contributed by atoms with Crippen LogP contribution in [0.2, 0.25) is 5.02 Å². The van der Waals surface area contributed by atoms with E-state index in [9.17, 15) is 18.8 Å². The summed E-state index contributed by atoms with van der Waals surface area (Å²) in [6, 6.07) is 11.9. The smallest absolute Gasteiger partial charge is 0.326 e. The van der Waals surface area contributed by atoms with Gasteiger partial charge in [-0.3, -0.25) is 14.4 Å². The molecule has 2 aromatic rings. The summed E-state index contributed by atoms with van der Waals surface area (Å²) >= 11 is 5.82. The molecule has 1 atom stereocenters. The summed E-state index contributed by atoms with van der Waals surface area (Å²) in [5.41, 5.74) is 0.269. The third-order valence-electron chi connectivity index (χ3n) is 3.28. The minimum Gasteiger partial charge on any atom is -0.451 e. The van der Waals surface area contributed by atoms with Crippen molar-refractivity contribution in [1.29, 1.82) is 0 Å². The van der Waals surface area contributed by atoms with Gasteiger partial charge in [0, 0.05) is 10.7 Å². The van der Waals surface area contributed by atoms with E-state index >= 15 is 0 Å². The molecule has 0 heterocycles. The third kappa shape index (κ3) is 5.56. The zero-order valence-corrected chi connectivity index (χ0v) is 14.5.